The molecule has 0 bridgehead atoms. The van der Waals surface area contributed by atoms with Crippen LogP contribution in [-0.2, 0) is 0 Å². The molecule has 218 valence electrons. The van der Waals surface area contributed by atoms with Crippen molar-refractivity contribution in [3.63, 3.8) is 0 Å². The first kappa shape index (κ1) is 26.1. The van der Waals surface area contributed by atoms with Crippen molar-refractivity contribution in [3.8, 4) is 27.9 Å². The summed E-state index contributed by atoms with van der Waals surface area (Å²) in [5, 5.41) is 6.91. The molecule has 0 spiro atoms. The Morgan fingerprint density at radius 2 is 1.15 bits per heavy atom. The zero-order chi connectivity index (χ0) is 31.1. The monoisotopic (exact) mass is 616 g/mol. The minimum absolute atomic E-state index is 0.677. The lowest BCUT2D eigenvalue weighted by molar-refractivity contribution is 0.669. The van der Waals surface area contributed by atoms with Gasteiger partial charge in [-0.15, -0.1) is 11.3 Å². The molecule has 0 aliphatic rings. The molecule has 0 unspecified atom stereocenters. The van der Waals surface area contributed by atoms with Gasteiger partial charge in [-0.3, -0.25) is 0 Å². The number of nitrogens with zero attached hydrogens (tertiary/aromatic N) is 2. The summed E-state index contributed by atoms with van der Waals surface area (Å²) in [7, 11) is 0. The molecule has 0 aliphatic heterocycles. The molecule has 0 amide bonds. The summed E-state index contributed by atoms with van der Waals surface area (Å²) < 4.78 is 10.7. The van der Waals surface area contributed by atoms with Crippen molar-refractivity contribution < 1.29 is 4.42 Å². The number of hydrogen-bond donors (Lipinski definition) is 0. The number of hydrogen-bond acceptors (Lipinski definition) is 2. The van der Waals surface area contributed by atoms with Gasteiger partial charge in [0, 0.05) is 31.6 Å². The highest BCUT2D eigenvalue weighted by atomic mass is 32.1. The van der Waals surface area contributed by atoms with E-state index in [0.29, 0.717) is 5.69 Å². The van der Waals surface area contributed by atoms with Crippen LogP contribution < -0.4 is 0 Å². The second-order valence-electron chi connectivity index (χ2n) is 12.0. The lowest BCUT2D eigenvalue weighted by Crippen LogP contribution is -1.93. The summed E-state index contributed by atoms with van der Waals surface area (Å²) in [6, 6.07) is 51.4. The number of fused-ring (bicyclic) bond motifs is 9. The molecule has 0 saturated carbocycles. The summed E-state index contributed by atoms with van der Waals surface area (Å²) in [6.07, 6.45) is 0. The van der Waals surface area contributed by atoms with Crippen molar-refractivity contribution in [1.82, 2.24) is 4.57 Å². The Bertz CT molecular complexity index is 2920. The zero-order valence-corrected chi connectivity index (χ0v) is 25.9. The average Bonchev–Trinajstić information content (AvgIpc) is 3.80. The van der Waals surface area contributed by atoms with Crippen LogP contribution in [0.25, 0.3) is 96.7 Å². The molecule has 0 saturated heterocycles. The van der Waals surface area contributed by atoms with E-state index in [2.05, 4.69) is 125 Å². The first-order valence-corrected chi connectivity index (χ1v) is 16.4. The Morgan fingerprint density at radius 1 is 0.468 bits per heavy atom. The van der Waals surface area contributed by atoms with E-state index < -0.39 is 0 Å². The standard InChI is InChI=1S/C43H24N2OS/c1-44-36-25-29(28-19-21-41-34(23-28)31-13-6-8-17-40(31)46-41)24-35-32-14-9-16-39(43(32)47-42(35)36)45-37-15-7-5-12-30(37)33-22-27(18-20-38(33)45)26-10-3-2-4-11-26/h2-25H. The maximum Gasteiger partial charge on any atom is 0.205 e. The molecule has 0 fully saturated rings. The smallest absolute Gasteiger partial charge is 0.205 e. The highest BCUT2D eigenvalue weighted by Crippen LogP contribution is 2.46. The van der Waals surface area contributed by atoms with Gasteiger partial charge in [0.1, 0.15) is 11.2 Å². The molecule has 0 aliphatic carbocycles. The van der Waals surface area contributed by atoms with E-state index in [9.17, 15) is 0 Å². The van der Waals surface area contributed by atoms with Crippen molar-refractivity contribution in [2.75, 3.05) is 0 Å². The van der Waals surface area contributed by atoms with Gasteiger partial charge in [0.15, 0.2) is 0 Å². The lowest BCUT2D eigenvalue weighted by atomic mass is 9.99. The fourth-order valence-electron chi connectivity index (χ4n) is 7.24. The minimum atomic E-state index is 0.677. The molecule has 7 aromatic carbocycles. The summed E-state index contributed by atoms with van der Waals surface area (Å²) in [5.41, 5.74) is 10.4. The normalized spacial score (nSPS) is 11.8. The van der Waals surface area contributed by atoms with Crippen LogP contribution in [0.5, 0.6) is 0 Å². The number of rotatable bonds is 3. The van der Waals surface area contributed by atoms with Crippen LogP contribution >= 0.6 is 11.3 Å². The molecular formula is C43H24N2OS. The van der Waals surface area contributed by atoms with E-state index in [1.54, 1.807) is 11.3 Å². The van der Waals surface area contributed by atoms with E-state index in [0.717, 1.165) is 54.2 Å². The predicted octanol–water partition coefficient (Wildman–Crippen LogP) is 12.9. The summed E-state index contributed by atoms with van der Waals surface area (Å²) in [5.74, 6) is 0. The van der Waals surface area contributed by atoms with Crippen LogP contribution in [-0.4, -0.2) is 4.57 Å². The van der Waals surface area contributed by atoms with Crippen LogP contribution in [0.1, 0.15) is 0 Å². The van der Waals surface area contributed by atoms with Gasteiger partial charge < -0.3 is 8.98 Å². The molecule has 47 heavy (non-hydrogen) atoms. The molecular weight excluding hydrogens is 593 g/mol. The molecule has 3 aromatic heterocycles. The Labute approximate surface area is 274 Å². The second-order valence-corrected chi connectivity index (χ2v) is 13.0. The molecule has 10 rings (SSSR count). The largest absolute Gasteiger partial charge is 0.456 e. The second kappa shape index (κ2) is 9.92. The quantitative estimate of drug-likeness (QED) is 0.181. The number of para-hydroxylation sites is 2. The predicted molar refractivity (Wildman–Crippen MR) is 198 cm³/mol. The lowest BCUT2D eigenvalue weighted by Gasteiger charge is -2.10. The maximum absolute atomic E-state index is 8.18. The molecule has 0 N–H and O–H groups in total. The third kappa shape index (κ3) is 3.85. The Kier molecular flexibility index (Phi) is 5.51. The van der Waals surface area contributed by atoms with Gasteiger partial charge in [-0.05, 0) is 82.2 Å². The fraction of sp³-hybridized carbons (Fsp3) is 0. The minimum Gasteiger partial charge on any atom is -0.456 e. The third-order valence-corrected chi connectivity index (χ3v) is 10.7. The van der Waals surface area contributed by atoms with Gasteiger partial charge in [-0.1, -0.05) is 91.0 Å². The summed E-state index contributed by atoms with van der Waals surface area (Å²) in [4.78, 5) is 4.05. The van der Waals surface area contributed by atoms with E-state index in [-0.39, 0.29) is 0 Å². The van der Waals surface area contributed by atoms with Crippen LogP contribution in [0.2, 0.25) is 0 Å². The van der Waals surface area contributed by atoms with E-state index >= 15 is 0 Å². The number of furan rings is 1. The first-order valence-electron chi connectivity index (χ1n) is 15.6. The van der Waals surface area contributed by atoms with Crippen LogP contribution in [0.15, 0.2) is 150 Å². The van der Waals surface area contributed by atoms with E-state index in [4.69, 9.17) is 11.0 Å². The van der Waals surface area contributed by atoms with Crippen molar-refractivity contribution >= 4 is 80.9 Å². The molecule has 3 nitrogen and oxygen atoms in total. The van der Waals surface area contributed by atoms with Gasteiger partial charge in [-0.2, -0.15) is 0 Å². The van der Waals surface area contributed by atoms with E-state index in [1.807, 2.05) is 30.3 Å². The SMILES string of the molecule is [C-]#[N+]c1cc(-c2ccc3oc4ccccc4c3c2)cc2c1sc1c(-n3c4ccccc4c4cc(-c5ccccc5)ccc43)cccc12. The van der Waals surface area contributed by atoms with Crippen molar-refractivity contribution in [2.45, 2.75) is 0 Å². The number of benzene rings is 7. The molecule has 4 heteroatoms. The molecule has 0 radical (unpaired) electrons. The van der Waals surface area contributed by atoms with E-state index in [1.165, 1.54) is 37.6 Å². The Balaban J connectivity index is 1.21. The highest BCUT2D eigenvalue weighted by Gasteiger charge is 2.19. The van der Waals surface area contributed by atoms with Gasteiger partial charge in [-0.25, -0.2) is 4.85 Å². The Morgan fingerprint density at radius 3 is 2.04 bits per heavy atom. The van der Waals surface area contributed by atoms with Gasteiger partial charge in [0.25, 0.3) is 0 Å². The number of thiophene rings is 1. The zero-order valence-electron chi connectivity index (χ0n) is 25.1. The molecule has 3 heterocycles. The van der Waals surface area contributed by atoms with Crippen LogP contribution in [0, 0.1) is 6.57 Å². The third-order valence-electron chi connectivity index (χ3n) is 9.41. The van der Waals surface area contributed by atoms with Gasteiger partial charge in [0.2, 0.25) is 5.69 Å². The summed E-state index contributed by atoms with van der Waals surface area (Å²) >= 11 is 1.71. The highest BCUT2D eigenvalue weighted by molar-refractivity contribution is 7.26. The van der Waals surface area contributed by atoms with Crippen molar-refractivity contribution in [2.24, 2.45) is 0 Å². The van der Waals surface area contributed by atoms with Gasteiger partial charge >= 0.3 is 0 Å². The van der Waals surface area contributed by atoms with Gasteiger partial charge in [0.05, 0.1) is 28.0 Å². The maximum atomic E-state index is 8.18. The average molecular weight is 617 g/mol. The topological polar surface area (TPSA) is 22.4 Å². The first-order chi connectivity index (χ1) is 23.2. The van der Waals surface area contributed by atoms with Crippen LogP contribution in [0.4, 0.5) is 5.69 Å². The Hall–Kier alpha value is -6.15. The van der Waals surface area contributed by atoms with Crippen molar-refractivity contribution in [3.05, 3.63) is 157 Å². The molecule has 10 aromatic rings. The number of aromatic nitrogens is 1. The fourth-order valence-corrected chi connectivity index (χ4v) is 8.49. The van der Waals surface area contributed by atoms with Crippen LogP contribution in [0.3, 0.4) is 0 Å². The molecule has 0 atom stereocenters. The summed E-state index contributed by atoms with van der Waals surface area (Å²) in [6.45, 7) is 8.18. The van der Waals surface area contributed by atoms with Crippen molar-refractivity contribution in [1.29, 1.82) is 0 Å².